The van der Waals surface area contributed by atoms with E-state index >= 15 is 0 Å². The molecule has 1 aromatic rings. The number of carbonyl (C=O) groups is 1. The van der Waals surface area contributed by atoms with E-state index < -0.39 is 20.0 Å². The summed E-state index contributed by atoms with van der Waals surface area (Å²) in [5.41, 5.74) is 0.702. The predicted octanol–water partition coefficient (Wildman–Crippen LogP) is 0.516. The maximum absolute atomic E-state index is 12.6. The Hall–Kier alpha value is -1.49. The molecule has 0 saturated carbocycles. The van der Waals surface area contributed by atoms with Crippen molar-refractivity contribution in [1.29, 1.82) is 0 Å². The Kier molecular flexibility index (Phi) is 5.38. The highest BCUT2D eigenvalue weighted by Crippen LogP contribution is 2.23. The summed E-state index contributed by atoms with van der Waals surface area (Å²) in [4.78, 5) is 13.6. The number of carbonyl (C=O) groups excluding carboxylic acids is 1. The van der Waals surface area contributed by atoms with Gasteiger partial charge < -0.3 is 4.90 Å². The summed E-state index contributed by atoms with van der Waals surface area (Å²) < 4.78 is 52.2. The molecule has 0 spiro atoms. The van der Waals surface area contributed by atoms with Gasteiger partial charge in [0.1, 0.15) is 0 Å². The van der Waals surface area contributed by atoms with Crippen LogP contribution in [0.1, 0.15) is 25.7 Å². The smallest absolute Gasteiger partial charge is 0.240 e. The van der Waals surface area contributed by atoms with Crippen LogP contribution in [-0.2, 0) is 24.8 Å². The second-order valence-electron chi connectivity index (χ2n) is 6.70. The molecule has 8 nitrogen and oxygen atoms in total. The molecular weight excluding hydrogens is 378 g/mol. The number of hydrogen-bond acceptors (Lipinski definition) is 5. The van der Waals surface area contributed by atoms with Crippen molar-refractivity contribution in [3.63, 3.8) is 0 Å². The molecule has 2 heterocycles. The number of piperidine rings is 1. The van der Waals surface area contributed by atoms with Gasteiger partial charge in [-0.3, -0.25) is 4.79 Å². The summed E-state index contributed by atoms with van der Waals surface area (Å²) in [6, 6.07) is 5.98. The second kappa shape index (κ2) is 7.26. The Morgan fingerprint density at radius 2 is 1.62 bits per heavy atom. The van der Waals surface area contributed by atoms with Crippen molar-refractivity contribution in [3.8, 4) is 0 Å². The van der Waals surface area contributed by atoms with Crippen LogP contribution in [0.25, 0.3) is 0 Å². The fourth-order valence-corrected chi connectivity index (χ4v) is 5.50. The summed E-state index contributed by atoms with van der Waals surface area (Å²) in [5.74, 6) is 0.0522. The fraction of sp³-hybridized carbons (Fsp3) is 0.562. The van der Waals surface area contributed by atoms with Crippen LogP contribution in [0.5, 0.6) is 0 Å². The van der Waals surface area contributed by atoms with Crippen LogP contribution in [-0.4, -0.2) is 59.0 Å². The lowest BCUT2D eigenvalue weighted by atomic mass is 10.1. The standard InChI is InChI=1S/C16H23N3O5S2/c1-25(21,22)18-11-8-13(9-12-18)17-26(23,24)15-6-4-14(5-7-15)19-10-2-3-16(19)20/h4-7,13,17H,2-3,8-12H2,1H3. The van der Waals surface area contributed by atoms with Crippen LogP contribution in [0.3, 0.4) is 0 Å². The highest BCUT2D eigenvalue weighted by molar-refractivity contribution is 7.89. The van der Waals surface area contributed by atoms with Crippen molar-refractivity contribution in [1.82, 2.24) is 9.03 Å². The number of nitrogens with one attached hydrogen (secondary N) is 1. The highest BCUT2D eigenvalue weighted by atomic mass is 32.2. The number of sulfonamides is 2. The van der Waals surface area contributed by atoms with Gasteiger partial charge in [-0.05, 0) is 43.5 Å². The predicted molar refractivity (Wildman–Crippen MR) is 97.8 cm³/mol. The number of hydrogen-bond donors (Lipinski definition) is 1. The lowest BCUT2D eigenvalue weighted by Crippen LogP contribution is -2.46. The molecule has 3 rings (SSSR count). The Bertz CT molecular complexity index is 873. The van der Waals surface area contributed by atoms with Crippen LogP contribution in [0.4, 0.5) is 5.69 Å². The molecule has 1 amide bonds. The van der Waals surface area contributed by atoms with Crippen molar-refractivity contribution >= 4 is 31.6 Å². The summed E-state index contributed by atoms with van der Waals surface area (Å²) in [6.07, 6.45) is 3.36. The summed E-state index contributed by atoms with van der Waals surface area (Å²) in [5, 5.41) is 0. The largest absolute Gasteiger partial charge is 0.312 e. The molecule has 0 aromatic heterocycles. The molecule has 0 bridgehead atoms. The monoisotopic (exact) mass is 401 g/mol. The van der Waals surface area contributed by atoms with Gasteiger partial charge in [-0.15, -0.1) is 0 Å². The van der Waals surface area contributed by atoms with Gasteiger partial charge in [0, 0.05) is 37.8 Å². The van der Waals surface area contributed by atoms with E-state index in [-0.39, 0.29) is 16.8 Å². The van der Waals surface area contributed by atoms with E-state index in [2.05, 4.69) is 4.72 Å². The number of amides is 1. The summed E-state index contributed by atoms with van der Waals surface area (Å²) in [6.45, 7) is 1.27. The normalized spacial score (nSPS) is 20.7. The Morgan fingerprint density at radius 1 is 1.00 bits per heavy atom. The van der Waals surface area contributed by atoms with E-state index in [1.807, 2.05) is 0 Å². The van der Waals surface area contributed by atoms with Gasteiger partial charge in [0.05, 0.1) is 11.2 Å². The maximum Gasteiger partial charge on any atom is 0.240 e. The van der Waals surface area contributed by atoms with Crippen molar-refractivity contribution < 1.29 is 21.6 Å². The summed E-state index contributed by atoms with van der Waals surface area (Å²) >= 11 is 0. The van der Waals surface area contributed by atoms with Crippen LogP contribution < -0.4 is 9.62 Å². The van der Waals surface area contributed by atoms with Crippen molar-refractivity contribution in [2.24, 2.45) is 0 Å². The second-order valence-corrected chi connectivity index (χ2v) is 10.4. The van der Waals surface area contributed by atoms with Gasteiger partial charge in [0.25, 0.3) is 0 Å². The zero-order chi connectivity index (χ0) is 18.9. The van der Waals surface area contributed by atoms with Gasteiger partial charge in [0.15, 0.2) is 0 Å². The molecule has 144 valence electrons. The average Bonchev–Trinajstić information content (AvgIpc) is 3.00. The molecule has 2 fully saturated rings. The van der Waals surface area contributed by atoms with Crippen LogP contribution >= 0.6 is 0 Å². The van der Waals surface area contributed by atoms with Gasteiger partial charge >= 0.3 is 0 Å². The molecule has 0 unspecified atom stereocenters. The van der Waals surface area contributed by atoms with Gasteiger partial charge in [-0.1, -0.05) is 0 Å². The summed E-state index contributed by atoms with van der Waals surface area (Å²) in [7, 11) is -6.93. The van der Waals surface area contributed by atoms with E-state index in [1.165, 1.54) is 16.4 Å². The molecule has 0 aliphatic carbocycles. The first-order valence-corrected chi connectivity index (χ1v) is 11.9. The first-order valence-electron chi connectivity index (χ1n) is 8.55. The minimum Gasteiger partial charge on any atom is -0.312 e. The first-order chi connectivity index (χ1) is 12.2. The minimum atomic E-state index is -3.69. The van der Waals surface area contributed by atoms with Gasteiger partial charge in [-0.2, -0.15) is 0 Å². The molecule has 10 heteroatoms. The average molecular weight is 402 g/mol. The van der Waals surface area contributed by atoms with E-state index in [4.69, 9.17) is 0 Å². The first kappa shape index (κ1) is 19.3. The number of anilines is 1. The number of nitrogens with zero attached hydrogens (tertiary/aromatic N) is 2. The third-order valence-corrected chi connectivity index (χ3v) is 7.62. The molecule has 1 N–H and O–H groups in total. The molecule has 2 aliphatic heterocycles. The lowest BCUT2D eigenvalue weighted by molar-refractivity contribution is -0.117. The minimum absolute atomic E-state index is 0.0522. The molecule has 0 radical (unpaired) electrons. The SMILES string of the molecule is CS(=O)(=O)N1CCC(NS(=O)(=O)c2ccc(N3CCCC3=O)cc2)CC1. The topological polar surface area (TPSA) is 104 Å². The van der Waals surface area contributed by atoms with Gasteiger partial charge in [-0.25, -0.2) is 25.9 Å². The van der Waals surface area contributed by atoms with Crippen molar-refractivity contribution in [2.45, 2.75) is 36.6 Å². The lowest BCUT2D eigenvalue weighted by Gasteiger charge is -2.30. The van der Waals surface area contributed by atoms with Crippen LogP contribution in [0.2, 0.25) is 0 Å². The van der Waals surface area contributed by atoms with E-state index in [9.17, 15) is 21.6 Å². The molecular formula is C16H23N3O5S2. The van der Waals surface area contributed by atoms with Crippen molar-refractivity contribution in [3.05, 3.63) is 24.3 Å². The van der Waals surface area contributed by atoms with Crippen LogP contribution in [0, 0.1) is 0 Å². The third kappa shape index (κ3) is 4.25. The molecule has 2 saturated heterocycles. The Morgan fingerprint density at radius 3 is 2.12 bits per heavy atom. The van der Waals surface area contributed by atoms with E-state index in [1.54, 1.807) is 17.0 Å². The van der Waals surface area contributed by atoms with Crippen molar-refractivity contribution in [2.75, 3.05) is 30.8 Å². The third-order valence-electron chi connectivity index (χ3n) is 4.78. The Labute approximate surface area is 154 Å². The molecule has 1 aromatic carbocycles. The zero-order valence-corrected chi connectivity index (χ0v) is 16.2. The highest BCUT2D eigenvalue weighted by Gasteiger charge is 2.28. The molecule has 0 atom stereocenters. The maximum atomic E-state index is 12.6. The van der Waals surface area contributed by atoms with E-state index in [0.29, 0.717) is 44.6 Å². The zero-order valence-electron chi connectivity index (χ0n) is 14.6. The molecule has 26 heavy (non-hydrogen) atoms. The van der Waals surface area contributed by atoms with Crippen LogP contribution in [0.15, 0.2) is 29.2 Å². The van der Waals surface area contributed by atoms with Gasteiger partial charge in [0.2, 0.25) is 26.0 Å². The fourth-order valence-electron chi connectivity index (χ4n) is 3.32. The number of benzene rings is 1. The Balaban J connectivity index is 1.64. The quantitative estimate of drug-likeness (QED) is 0.774. The molecule has 2 aliphatic rings. The van der Waals surface area contributed by atoms with E-state index in [0.717, 1.165) is 12.7 Å². The number of rotatable bonds is 5.